The van der Waals surface area contributed by atoms with Crippen LogP contribution >= 0.6 is 0 Å². The number of rotatable bonds is 7. The molecule has 0 saturated heterocycles. The Morgan fingerprint density at radius 1 is 1.19 bits per heavy atom. The number of hydrogen-bond acceptors (Lipinski definition) is 4. The van der Waals surface area contributed by atoms with E-state index in [1.807, 2.05) is 60.4 Å². The number of ether oxygens (including phenoxy) is 1. The third-order valence-corrected chi connectivity index (χ3v) is 4.66. The van der Waals surface area contributed by atoms with Crippen LogP contribution in [0.2, 0.25) is 0 Å². The van der Waals surface area contributed by atoms with Crippen molar-refractivity contribution in [2.75, 3.05) is 20.2 Å². The fourth-order valence-electron chi connectivity index (χ4n) is 3.15. The molecule has 0 aromatic heterocycles. The molecule has 27 heavy (non-hydrogen) atoms. The highest BCUT2D eigenvalue weighted by Gasteiger charge is 2.27. The van der Waals surface area contributed by atoms with E-state index >= 15 is 0 Å². The minimum atomic E-state index is -0.122. The zero-order valence-electron chi connectivity index (χ0n) is 16.1. The number of oxime groups is 1. The molecular weight excluding hydrogens is 340 g/mol. The van der Waals surface area contributed by atoms with Gasteiger partial charge in [-0.2, -0.15) is 0 Å². The van der Waals surface area contributed by atoms with Gasteiger partial charge in [0.05, 0.1) is 19.4 Å². The smallest absolute Gasteiger partial charge is 0.253 e. The summed E-state index contributed by atoms with van der Waals surface area (Å²) in [4.78, 5) is 20.4. The molecule has 2 aromatic rings. The lowest BCUT2D eigenvalue weighted by Gasteiger charge is -2.24. The lowest BCUT2D eigenvalue weighted by molar-refractivity contribution is 0.0423. The lowest BCUT2D eigenvalue weighted by Crippen LogP contribution is -2.38. The van der Waals surface area contributed by atoms with Crippen LogP contribution in [0, 0.1) is 6.92 Å². The number of carbonyl (C=O) groups is 1. The number of methoxy groups -OCH3 is 1. The molecule has 0 radical (unpaired) electrons. The number of benzene rings is 2. The van der Waals surface area contributed by atoms with Gasteiger partial charge in [-0.1, -0.05) is 29.8 Å². The summed E-state index contributed by atoms with van der Waals surface area (Å²) in [7, 11) is 1.65. The Morgan fingerprint density at radius 3 is 2.52 bits per heavy atom. The summed E-state index contributed by atoms with van der Waals surface area (Å²) < 4.78 is 5.19. The minimum absolute atomic E-state index is 0.0401. The van der Waals surface area contributed by atoms with E-state index < -0.39 is 0 Å². The van der Waals surface area contributed by atoms with Crippen molar-refractivity contribution < 1.29 is 14.4 Å². The maximum absolute atomic E-state index is 12.9. The third-order valence-electron chi connectivity index (χ3n) is 4.66. The van der Waals surface area contributed by atoms with Gasteiger partial charge in [0.1, 0.15) is 5.75 Å². The summed E-state index contributed by atoms with van der Waals surface area (Å²) in [6.45, 7) is 5.32. The highest BCUT2D eigenvalue weighted by atomic mass is 16.6. The number of amides is 1. The standard InChI is InChI=1S/C22H26N2O3/c1-4-13-24(22(25)18-7-5-16(2)6-8-18)15-20-14-21(23-27-20)17-9-11-19(26-3)12-10-17/h5-12,20H,4,13-15H2,1-3H3/t20-/m0/s1. The second-order valence-electron chi connectivity index (χ2n) is 6.82. The van der Waals surface area contributed by atoms with E-state index in [2.05, 4.69) is 12.1 Å². The largest absolute Gasteiger partial charge is 0.497 e. The van der Waals surface area contributed by atoms with E-state index in [-0.39, 0.29) is 12.0 Å². The zero-order valence-corrected chi connectivity index (χ0v) is 16.1. The van der Waals surface area contributed by atoms with Gasteiger partial charge in [0.25, 0.3) is 5.91 Å². The van der Waals surface area contributed by atoms with Crippen LogP contribution in [0.4, 0.5) is 0 Å². The van der Waals surface area contributed by atoms with Crippen LogP contribution in [0.5, 0.6) is 5.75 Å². The van der Waals surface area contributed by atoms with Crippen molar-refractivity contribution in [3.63, 3.8) is 0 Å². The molecule has 0 bridgehead atoms. The quantitative estimate of drug-likeness (QED) is 0.743. The molecule has 5 nitrogen and oxygen atoms in total. The first-order valence-electron chi connectivity index (χ1n) is 9.33. The predicted octanol–water partition coefficient (Wildman–Crippen LogP) is 4.05. The number of carbonyl (C=O) groups excluding carboxylic acids is 1. The van der Waals surface area contributed by atoms with Crippen LogP contribution in [0.1, 0.15) is 41.3 Å². The summed E-state index contributed by atoms with van der Waals surface area (Å²) in [6, 6.07) is 15.5. The average Bonchev–Trinajstić information content (AvgIpc) is 3.16. The monoisotopic (exact) mass is 366 g/mol. The van der Waals surface area contributed by atoms with Gasteiger partial charge < -0.3 is 14.5 Å². The fraction of sp³-hybridized carbons (Fsp3) is 0.364. The summed E-state index contributed by atoms with van der Waals surface area (Å²) in [5.41, 5.74) is 3.78. The number of hydrogen-bond donors (Lipinski definition) is 0. The zero-order chi connectivity index (χ0) is 19.2. The van der Waals surface area contributed by atoms with Crippen molar-refractivity contribution in [1.82, 2.24) is 4.90 Å². The molecule has 2 aromatic carbocycles. The maximum atomic E-state index is 12.9. The Bertz CT molecular complexity index is 797. The molecule has 5 heteroatoms. The van der Waals surface area contributed by atoms with Crippen LogP contribution in [-0.2, 0) is 4.84 Å². The van der Waals surface area contributed by atoms with E-state index in [0.29, 0.717) is 25.1 Å². The minimum Gasteiger partial charge on any atom is -0.497 e. The third kappa shape index (κ3) is 4.67. The molecule has 1 aliphatic rings. The van der Waals surface area contributed by atoms with Gasteiger partial charge in [-0.05, 0) is 55.3 Å². The Morgan fingerprint density at radius 2 is 1.89 bits per heavy atom. The van der Waals surface area contributed by atoms with Gasteiger partial charge >= 0.3 is 0 Å². The Hall–Kier alpha value is -2.82. The van der Waals surface area contributed by atoms with Gasteiger partial charge in [-0.15, -0.1) is 0 Å². The Kier molecular flexibility index (Phi) is 6.12. The summed E-state index contributed by atoms with van der Waals surface area (Å²) in [5.74, 6) is 0.853. The second-order valence-corrected chi connectivity index (χ2v) is 6.82. The summed E-state index contributed by atoms with van der Waals surface area (Å²) in [5, 5.41) is 4.24. The van der Waals surface area contributed by atoms with E-state index in [9.17, 15) is 4.79 Å². The normalized spacial score (nSPS) is 15.8. The van der Waals surface area contributed by atoms with E-state index in [0.717, 1.165) is 29.0 Å². The van der Waals surface area contributed by atoms with Crippen molar-refractivity contribution in [2.24, 2.45) is 5.16 Å². The highest BCUT2D eigenvalue weighted by molar-refractivity contribution is 6.01. The van der Waals surface area contributed by atoms with Gasteiger partial charge in [-0.3, -0.25) is 4.79 Å². The molecule has 0 aliphatic carbocycles. The molecule has 0 saturated carbocycles. The first-order chi connectivity index (χ1) is 13.1. The van der Waals surface area contributed by atoms with Gasteiger partial charge in [0.2, 0.25) is 0 Å². The maximum Gasteiger partial charge on any atom is 0.253 e. The summed E-state index contributed by atoms with van der Waals surface area (Å²) in [6.07, 6.45) is 1.47. The SMILES string of the molecule is CCCN(C[C@@H]1CC(c2ccc(OC)cc2)=NO1)C(=O)c1ccc(C)cc1. The van der Waals surface area contributed by atoms with Gasteiger partial charge in [-0.25, -0.2) is 0 Å². The predicted molar refractivity (Wildman–Crippen MR) is 106 cm³/mol. The van der Waals surface area contributed by atoms with Gasteiger partial charge in [0.15, 0.2) is 6.10 Å². The van der Waals surface area contributed by atoms with Crippen molar-refractivity contribution in [3.05, 3.63) is 65.2 Å². The molecule has 1 atom stereocenters. The second kappa shape index (κ2) is 8.71. The summed E-state index contributed by atoms with van der Waals surface area (Å²) >= 11 is 0. The average molecular weight is 366 g/mol. The van der Waals surface area contributed by atoms with Crippen molar-refractivity contribution in [1.29, 1.82) is 0 Å². The van der Waals surface area contributed by atoms with Crippen LogP contribution in [-0.4, -0.2) is 42.8 Å². The molecule has 0 spiro atoms. The van der Waals surface area contributed by atoms with E-state index in [1.165, 1.54) is 0 Å². The Labute approximate surface area is 160 Å². The molecule has 3 rings (SSSR count). The van der Waals surface area contributed by atoms with Crippen LogP contribution < -0.4 is 4.74 Å². The topological polar surface area (TPSA) is 51.1 Å². The molecule has 1 amide bonds. The van der Waals surface area contributed by atoms with Crippen LogP contribution in [0.15, 0.2) is 53.7 Å². The molecule has 0 fully saturated rings. The lowest BCUT2D eigenvalue weighted by atomic mass is 10.0. The van der Waals surface area contributed by atoms with Crippen LogP contribution in [0.3, 0.4) is 0 Å². The first-order valence-corrected chi connectivity index (χ1v) is 9.33. The van der Waals surface area contributed by atoms with E-state index in [1.54, 1.807) is 7.11 Å². The van der Waals surface area contributed by atoms with E-state index in [4.69, 9.17) is 9.57 Å². The fourth-order valence-corrected chi connectivity index (χ4v) is 3.15. The molecular formula is C22H26N2O3. The number of nitrogens with zero attached hydrogens (tertiary/aromatic N) is 2. The first kappa shape index (κ1) is 19.0. The van der Waals surface area contributed by atoms with Gasteiger partial charge in [0, 0.05) is 18.5 Å². The van der Waals surface area contributed by atoms with Crippen molar-refractivity contribution >= 4 is 11.6 Å². The molecule has 1 heterocycles. The number of aryl methyl sites for hydroxylation is 1. The molecule has 0 N–H and O–H groups in total. The molecule has 142 valence electrons. The van der Waals surface area contributed by atoms with Crippen molar-refractivity contribution in [2.45, 2.75) is 32.8 Å². The Balaban J connectivity index is 1.64. The highest BCUT2D eigenvalue weighted by Crippen LogP contribution is 2.21. The van der Waals surface area contributed by atoms with Crippen molar-refractivity contribution in [3.8, 4) is 5.75 Å². The molecule has 1 aliphatic heterocycles. The molecule has 0 unspecified atom stereocenters. The van der Waals surface area contributed by atoms with Crippen LogP contribution in [0.25, 0.3) is 0 Å².